The number of aliphatic hydroxyl groups excluding tert-OH is 1. The average Bonchev–Trinajstić information content (AvgIpc) is 2.61. The highest BCUT2D eigenvalue weighted by atomic mass is 16.5. The number of ether oxygens (including phenoxy) is 1. The van der Waals surface area contributed by atoms with Crippen LogP contribution in [-0.2, 0) is 28.7 Å². The van der Waals surface area contributed by atoms with Crippen molar-refractivity contribution in [2.75, 3.05) is 6.61 Å². The summed E-state index contributed by atoms with van der Waals surface area (Å²) in [5.41, 5.74) is 14.0. The highest BCUT2D eigenvalue weighted by Gasteiger charge is 2.31. The first-order valence-electron chi connectivity index (χ1n) is 8.10. The lowest BCUT2D eigenvalue weighted by molar-refractivity contribution is -0.152. The van der Waals surface area contributed by atoms with Crippen LogP contribution in [0.3, 0.4) is 0 Å². The summed E-state index contributed by atoms with van der Waals surface area (Å²) in [7, 11) is 0. The summed E-state index contributed by atoms with van der Waals surface area (Å²) in [4.78, 5) is 68.9. The Balaban J connectivity index is 5.06. The van der Waals surface area contributed by atoms with Crippen molar-refractivity contribution in [1.82, 2.24) is 21.5 Å². The fraction of sp³-hybridized carbons (Fsp3) is 0.571. The zero-order valence-electron chi connectivity index (χ0n) is 15.6. The van der Waals surface area contributed by atoms with Gasteiger partial charge in [0.2, 0.25) is 5.91 Å². The number of amides is 5. The Morgan fingerprint density at radius 2 is 1.59 bits per heavy atom. The van der Waals surface area contributed by atoms with Crippen LogP contribution < -0.4 is 33.0 Å². The number of aliphatic carboxylic acids is 1. The molecule has 0 aliphatic heterocycles. The molecule has 0 rings (SSSR count). The lowest BCUT2D eigenvalue weighted by atomic mass is 10.1. The third-order valence-corrected chi connectivity index (χ3v) is 3.24. The SMILES string of the molecule is CC(=O)OC(C)[C@H](NC(=O)N[C@@H](CC(N)=O)C(=O)NNC(=O)[C@@H](N)CO)C(=O)O. The predicted molar refractivity (Wildman–Crippen MR) is 93.3 cm³/mol. The molecule has 15 nitrogen and oxygen atoms in total. The minimum absolute atomic E-state index is 0.696. The number of hydrazine groups is 1. The van der Waals surface area contributed by atoms with Gasteiger partial charge in [-0.3, -0.25) is 30.0 Å². The Morgan fingerprint density at radius 3 is 2.03 bits per heavy atom. The van der Waals surface area contributed by atoms with E-state index in [-0.39, 0.29) is 0 Å². The molecule has 0 aromatic carbocycles. The molecule has 0 saturated heterocycles. The predicted octanol–water partition coefficient (Wildman–Crippen LogP) is -4.60. The van der Waals surface area contributed by atoms with E-state index in [0.717, 1.165) is 6.92 Å². The molecule has 0 aliphatic carbocycles. The molecule has 0 fully saturated rings. The fourth-order valence-corrected chi connectivity index (χ4v) is 1.85. The van der Waals surface area contributed by atoms with E-state index >= 15 is 0 Å². The van der Waals surface area contributed by atoms with Crippen LogP contribution in [0.15, 0.2) is 0 Å². The van der Waals surface area contributed by atoms with Crippen LogP contribution in [0.2, 0.25) is 0 Å². The van der Waals surface area contributed by atoms with E-state index in [2.05, 4.69) is 0 Å². The van der Waals surface area contributed by atoms with Crippen molar-refractivity contribution in [3.05, 3.63) is 0 Å². The Labute approximate surface area is 164 Å². The summed E-state index contributed by atoms with van der Waals surface area (Å²) >= 11 is 0. The molecule has 0 heterocycles. The summed E-state index contributed by atoms with van der Waals surface area (Å²) < 4.78 is 4.69. The molecule has 5 amide bonds. The van der Waals surface area contributed by atoms with E-state index in [1.165, 1.54) is 6.92 Å². The molecule has 0 saturated carbocycles. The maximum Gasteiger partial charge on any atom is 0.330 e. The summed E-state index contributed by atoms with van der Waals surface area (Å²) in [6.07, 6.45) is -1.95. The molecule has 164 valence electrons. The third kappa shape index (κ3) is 9.87. The first-order valence-corrected chi connectivity index (χ1v) is 8.10. The van der Waals surface area contributed by atoms with Crippen LogP contribution in [0.4, 0.5) is 4.79 Å². The number of carbonyl (C=O) groups is 6. The number of carboxylic acid groups (broad SMARTS) is 1. The first-order chi connectivity index (χ1) is 13.4. The van der Waals surface area contributed by atoms with Gasteiger partial charge >= 0.3 is 18.0 Å². The van der Waals surface area contributed by atoms with E-state index in [4.69, 9.17) is 26.4 Å². The molecule has 15 heteroatoms. The standard InChI is InChI=1S/C14H24N6O9/c1-5(29-6(2)22)10(13(26)27)18-14(28)17-8(3-9(16)23)12(25)20-19-11(24)7(15)4-21/h5,7-8,10,21H,3-4,15H2,1-2H3,(H2,16,23)(H,19,24)(H,20,25)(H,26,27)(H2,17,18,28)/t5?,7-,8-,10-/m0/s1. The molecule has 0 bridgehead atoms. The molecule has 0 aliphatic rings. The topological polar surface area (TPSA) is 252 Å². The Morgan fingerprint density at radius 1 is 1.03 bits per heavy atom. The van der Waals surface area contributed by atoms with Gasteiger partial charge in [0.1, 0.15) is 18.2 Å². The smallest absolute Gasteiger partial charge is 0.330 e. The van der Waals surface area contributed by atoms with Crippen LogP contribution in [-0.4, -0.2) is 76.7 Å². The normalized spacial score (nSPS) is 14.3. The Bertz CT molecular complexity index is 655. The van der Waals surface area contributed by atoms with E-state index in [1.807, 2.05) is 21.5 Å². The fourth-order valence-electron chi connectivity index (χ4n) is 1.85. The number of hydrogen-bond acceptors (Lipinski definition) is 9. The average molecular weight is 420 g/mol. The summed E-state index contributed by atoms with van der Waals surface area (Å²) in [5, 5.41) is 21.9. The molecule has 4 atom stereocenters. The van der Waals surface area contributed by atoms with Gasteiger partial charge in [0.05, 0.1) is 13.0 Å². The van der Waals surface area contributed by atoms with Gasteiger partial charge in [-0.25, -0.2) is 9.59 Å². The number of nitrogens with one attached hydrogen (secondary N) is 4. The zero-order chi connectivity index (χ0) is 22.7. The quantitative estimate of drug-likeness (QED) is 0.124. The van der Waals surface area contributed by atoms with Gasteiger partial charge in [-0.05, 0) is 6.92 Å². The molecule has 0 radical (unpaired) electrons. The molecule has 10 N–H and O–H groups in total. The van der Waals surface area contributed by atoms with Crippen molar-refractivity contribution in [3.8, 4) is 0 Å². The molecule has 0 spiro atoms. The monoisotopic (exact) mass is 420 g/mol. The highest BCUT2D eigenvalue weighted by molar-refractivity contribution is 5.93. The minimum atomic E-state index is -1.67. The van der Waals surface area contributed by atoms with Crippen molar-refractivity contribution >= 4 is 35.7 Å². The number of hydrogen-bond donors (Lipinski definition) is 8. The number of carbonyl (C=O) groups excluding carboxylic acids is 5. The van der Waals surface area contributed by atoms with E-state index in [9.17, 15) is 28.8 Å². The van der Waals surface area contributed by atoms with Gasteiger partial charge < -0.3 is 37.1 Å². The summed E-state index contributed by atoms with van der Waals surface area (Å²) in [5.74, 6) is -5.35. The molecule has 29 heavy (non-hydrogen) atoms. The van der Waals surface area contributed by atoms with Crippen LogP contribution in [0, 0.1) is 0 Å². The number of primary amides is 1. The summed E-state index contributed by atoms with van der Waals surface area (Å²) in [6, 6.07) is -5.80. The van der Waals surface area contributed by atoms with E-state index in [1.54, 1.807) is 0 Å². The van der Waals surface area contributed by atoms with E-state index in [0.29, 0.717) is 0 Å². The second-order valence-corrected chi connectivity index (χ2v) is 5.74. The minimum Gasteiger partial charge on any atom is -0.480 e. The number of nitrogens with two attached hydrogens (primary N) is 2. The summed E-state index contributed by atoms with van der Waals surface area (Å²) in [6.45, 7) is 1.55. The van der Waals surface area contributed by atoms with Crippen molar-refractivity contribution < 1.29 is 43.7 Å². The molecular formula is C14H24N6O9. The van der Waals surface area contributed by atoms with Gasteiger partial charge in [0.25, 0.3) is 11.8 Å². The van der Waals surface area contributed by atoms with Gasteiger partial charge in [0, 0.05) is 6.92 Å². The maximum absolute atomic E-state index is 12.1. The molecule has 1 unspecified atom stereocenters. The van der Waals surface area contributed by atoms with Gasteiger partial charge in [-0.1, -0.05) is 0 Å². The lowest BCUT2D eigenvalue weighted by Gasteiger charge is -2.23. The third-order valence-electron chi connectivity index (χ3n) is 3.24. The molecule has 0 aromatic rings. The molecule has 0 aromatic heterocycles. The second kappa shape index (κ2) is 12.1. The van der Waals surface area contributed by atoms with Gasteiger partial charge in [-0.15, -0.1) is 0 Å². The number of rotatable bonds is 10. The first kappa shape index (κ1) is 25.5. The number of aliphatic hydroxyl groups is 1. The highest BCUT2D eigenvalue weighted by Crippen LogP contribution is 2.01. The lowest BCUT2D eigenvalue weighted by Crippen LogP contribution is -2.59. The van der Waals surface area contributed by atoms with Crippen LogP contribution in [0.5, 0.6) is 0 Å². The second-order valence-electron chi connectivity index (χ2n) is 5.74. The Kier molecular flexibility index (Phi) is 10.6. The van der Waals surface area contributed by atoms with Crippen molar-refractivity contribution in [1.29, 1.82) is 0 Å². The van der Waals surface area contributed by atoms with Crippen LogP contribution in [0.1, 0.15) is 20.3 Å². The van der Waals surface area contributed by atoms with Gasteiger partial charge in [-0.2, -0.15) is 0 Å². The Hall–Kier alpha value is -3.46. The van der Waals surface area contributed by atoms with Crippen molar-refractivity contribution in [2.24, 2.45) is 11.5 Å². The molecular weight excluding hydrogens is 396 g/mol. The van der Waals surface area contributed by atoms with Crippen LogP contribution >= 0.6 is 0 Å². The largest absolute Gasteiger partial charge is 0.480 e. The zero-order valence-corrected chi connectivity index (χ0v) is 15.6. The number of urea groups is 1. The maximum atomic E-state index is 12.1. The number of esters is 1. The van der Waals surface area contributed by atoms with Crippen LogP contribution in [0.25, 0.3) is 0 Å². The van der Waals surface area contributed by atoms with Gasteiger partial charge in [0.15, 0.2) is 6.04 Å². The van der Waals surface area contributed by atoms with E-state index < -0.39 is 72.9 Å². The number of carboxylic acids is 1. The van der Waals surface area contributed by atoms with Crippen molar-refractivity contribution in [3.63, 3.8) is 0 Å². The van der Waals surface area contributed by atoms with Crippen molar-refractivity contribution in [2.45, 2.75) is 44.5 Å².